The number of esters is 2. The fourth-order valence-electron chi connectivity index (χ4n) is 1.39. The van der Waals surface area contributed by atoms with Crippen molar-refractivity contribution in [2.75, 3.05) is 0 Å². The SMILES string of the molecule is CCCCCC(=O)OC(=O)C(CC)CC. The summed E-state index contributed by atoms with van der Waals surface area (Å²) in [6, 6.07) is 0. The molecule has 0 spiro atoms. The van der Waals surface area contributed by atoms with Crippen molar-refractivity contribution in [3.05, 3.63) is 0 Å². The third-order valence-corrected chi connectivity index (χ3v) is 2.52. The van der Waals surface area contributed by atoms with Gasteiger partial charge in [-0.25, -0.2) is 0 Å². The average Bonchev–Trinajstić information content (AvgIpc) is 2.20. The van der Waals surface area contributed by atoms with E-state index in [1.54, 1.807) is 0 Å². The van der Waals surface area contributed by atoms with Gasteiger partial charge in [-0.15, -0.1) is 0 Å². The molecule has 0 atom stereocenters. The van der Waals surface area contributed by atoms with Gasteiger partial charge in [-0.1, -0.05) is 33.6 Å². The number of carbonyl (C=O) groups is 2. The Morgan fingerprint density at radius 3 is 2.13 bits per heavy atom. The van der Waals surface area contributed by atoms with Crippen LogP contribution in [0, 0.1) is 5.92 Å². The lowest BCUT2D eigenvalue weighted by molar-refractivity contribution is -0.162. The largest absolute Gasteiger partial charge is 0.393 e. The third kappa shape index (κ3) is 6.26. The first-order valence-electron chi connectivity index (χ1n) is 5.90. The van der Waals surface area contributed by atoms with Crippen LogP contribution >= 0.6 is 0 Å². The molecule has 0 saturated heterocycles. The summed E-state index contributed by atoms with van der Waals surface area (Å²) in [5.74, 6) is -0.859. The van der Waals surface area contributed by atoms with Crippen LogP contribution in [0.5, 0.6) is 0 Å². The fourth-order valence-corrected chi connectivity index (χ4v) is 1.39. The Balaban J connectivity index is 3.80. The minimum atomic E-state index is -0.375. The molecule has 0 radical (unpaired) electrons. The van der Waals surface area contributed by atoms with Crippen LogP contribution in [0.15, 0.2) is 0 Å². The first-order chi connectivity index (χ1) is 7.15. The van der Waals surface area contributed by atoms with Crippen LogP contribution in [0.25, 0.3) is 0 Å². The Bertz CT molecular complexity index is 195. The van der Waals surface area contributed by atoms with E-state index in [9.17, 15) is 9.59 Å². The highest BCUT2D eigenvalue weighted by atomic mass is 16.6. The summed E-state index contributed by atoms with van der Waals surface area (Å²) in [6.07, 6.45) is 4.71. The lowest BCUT2D eigenvalue weighted by atomic mass is 10.0. The summed E-state index contributed by atoms with van der Waals surface area (Å²) in [7, 11) is 0. The van der Waals surface area contributed by atoms with E-state index in [0.717, 1.165) is 32.1 Å². The maximum Gasteiger partial charge on any atom is 0.316 e. The second kappa shape index (κ2) is 8.45. The highest BCUT2D eigenvalue weighted by Gasteiger charge is 2.18. The maximum absolute atomic E-state index is 11.4. The minimum absolute atomic E-state index is 0.125. The van der Waals surface area contributed by atoms with E-state index in [-0.39, 0.29) is 17.9 Å². The zero-order valence-electron chi connectivity index (χ0n) is 10.0. The van der Waals surface area contributed by atoms with Crippen LogP contribution < -0.4 is 0 Å². The Morgan fingerprint density at radius 2 is 1.67 bits per heavy atom. The van der Waals surface area contributed by atoms with Crippen LogP contribution in [-0.4, -0.2) is 11.9 Å². The predicted octanol–water partition coefficient (Wildman–Crippen LogP) is 3.07. The molecule has 0 aliphatic carbocycles. The predicted molar refractivity (Wildman–Crippen MR) is 59.3 cm³/mol. The van der Waals surface area contributed by atoms with Crippen molar-refractivity contribution >= 4 is 11.9 Å². The highest BCUT2D eigenvalue weighted by Crippen LogP contribution is 2.10. The van der Waals surface area contributed by atoms with Crippen molar-refractivity contribution < 1.29 is 14.3 Å². The Labute approximate surface area is 92.2 Å². The molecule has 0 fully saturated rings. The number of hydrogen-bond acceptors (Lipinski definition) is 3. The molecule has 0 aromatic rings. The van der Waals surface area contributed by atoms with E-state index in [4.69, 9.17) is 4.74 Å². The quantitative estimate of drug-likeness (QED) is 0.371. The molecule has 0 N–H and O–H groups in total. The van der Waals surface area contributed by atoms with Crippen LogP contribution in [0.1, 0.15) is 59.3 Å². The first kappa shape index (κ1) is 14.1. The average molecular weight is 214 g/mol. The molecule has 0 amide bonds. The van der Waals surface area contributed by atoms with E-state index in [2.05, 4.69) is 6.92 Å². The van der Waals surface area contributed by atoms with E-state index in [1.807, 2.05) is 13.8 Å². The summed E-state index contributed by atoms with van der Waals surface area (Å²) in [6.45, 7) is 5.93. The molecule has 0 aromatic carbocycles. The van der Waals surface area contributed by atoms with Crippen molar-refractivity contribution in [3.8, 4) is 0 Å². The second-order valence-electron chi connectivity index (χ2n) is 3.76. The molecule has 3 heteroatoms. The normalized spacial score (nSPS) is 10.4. The van der Waals surface area contributed by atoms with Gasteiger partial charge >= 0.3 is 11.9 Å². The monoisotopic (exact) mass is 214 g/mol. The standard InChI is InChI=1S/C12H22O3/c1-4-7-8-9-11(13)15-12(14)10(5-2)6-3/h10H,4-9H2,1-3H3. The summed E-state index contributed by atoms with van der Waals surface area (Å²) in [5, 5.41) is 0. The second-order valence-corrected chi connectivity index (χ2v) is 3.76. The Kier molecular flexibility index (Phi) is 7.96. The third-order valence-electron chi connectivity index (χ3n) is 2.52. The zero-order chi connectivity index (χ0) is 11.7. The molecule has 0 saturated carbocycles. The molecule has 0 unspecified atom stereocenters. The van der Waals surface area contributed by atoms with Crippen LogP contribution in [0.3, 0.4) is 0 Å². The summed E-state index contributed by atoms with van der Waals surface area (Å²) in [5.41, 5.74) is 0. The van der Waals surface area contributed by atoms with Gasteiger partial charge in [0.15, 0.2) is 0 Å². The Morgan fingerprint density at radius 1 is 1.07 bits per heavy atom. The Hall–Kier alpha value is -0.860. The number of unbranched alkanes of at least 4 members (excludes halogenated alkanes) is 2. The zero-order valence-corrected chi connectivity index (χ0v) is 10.0. The summed E-state index contributed by atoms with van der Waals surface area (Å²) >= 11 is 0. The molecule has 15 heavy (non-hydrogen) atoms. The van der Waals surface area contributed by atoms with Gasteiger partial charge in [-0.3, -0.25) is 9.59 Å². The van der Waals surface area contributed by atoms with Gasteiger partial charge in [-0.05, 0) is 19.3 Å². The molecule has 0 heterocycles. The molecule has 0 aliphatic rings. The van der Waals surface area contributed by atoms with E-state index < -0.39 is 0 Å². The highest BCUT2D eigenvalue weighted by molar-refractivity contribution is 5.86. The summed E-state index contributed by atoms with van der Waals surface area (Å²) in [4.78, 5) is 22.6. The molecular weight excluding hydrogens is 192 g/mol. The molecule has 3 nitrogen and oxygen atoms in total. The molecular formula is C12H22O3. The fraction of sp³-hybridized carbons (Fsp3) is 0.833. The van der Waals surface area contributed by atoms with Gasteiger partial charge in [0.05, 0.1) is 5.92 Å². The van der Waals surface area contributed by atoms with E-state index >= 15 is 0 Å². The lowest BCUT2D eigenvalue weighted by Gasteiger charge is -2.10. The number of rotatable bonds is 7. The van der Waals surface area contributed by atoms with Crippen molar-refractivity contribution in [3.63, 3.8) is 0 Å². The van der Waals surface area contributed by atoms with Crippen LogP contribution in [0.4, 0.5) is 0 Å². The first-order valence-corrected chi connectivity index (χ1v) is 5.90. The van der Waals surface area contributed by atoms with Crippen LogP contribution in [-0.2, 0) is 14.3 Å². The minimum Gasteiger partial charge on any atom is -0.393 e. The number of ether oxygens (including phenoxy) is 1. The van der Waals surface area contributed by atoms with Gasteiger partial charge in [0.1, 0.15) is 0 Å². The van der Waals surface area contributed by atoms with Crippen molar-refractivity contribution in [2.45, 2.75) is 59.3 Å². The number of hydrogen-bond donors (Lipinski definition) is 0. The summed E-state index contributed by atoms with van der Waals surface area (Å²) < 4.78 is 4.76. The smallest absolute Gasteiger partial charge is 0.316 e. The molecule has 0 bridgehead atoms. The molecule has 0 aliphatic heterocycles. The molecule has 0 rings (SSSR count). The molecule has 0 aromatic heterocycles. The number of carbonyl (C=O) groups excluding carboxylic acids is 2. The van der Waals surface area contributed by atoms with E-state index in [1.165, 1.54) is 0 Å². The van der Waals surface area contributed by atoms with Gasteiger partial charge in [0, 0.05) is 6.42 Å². The van der Waals surface area contributed by atoms with E-state index in [0.29, 0.717) is 6.42 Å². The van der Waals surface area contributed by atoms with Gasteiger partial charge in [0.25, 0.3) is 0 Å². The molecule has 88 valence electrons. The van der Waals surface area contributed by atoms with Gasteiger partial charge < -0.3 is 4.74 Å². The lowest BCUT2D eigenvalue weighted by Crippen LogP contribution is -2.20. The van der Waals surface area contributed by atoms with Crippen molar-refractivity contribution in [2.24, 2.45) is 5.92 Å². The van der Waals surface area contributed by atoms with Crippen molar-refractivity contribution in [1.82, 2.24) is 0 Å². The van der Waals surface area contributed by atoms with Gasteiger partial charge in [-0.2, -0.15) is 0 Å². The van der Waals surface area contributed by atoms with Gasteiger partial charge in [0.2, 0.25) is 0 Å². The topological polar surface area (TPSA) is 43.4 Å². The maximum atomic E-state index is 11.4. The van der Waals surface area contributed by atoms with Crippen molar-refractivity contribution in [1.29, 1.82) is 0 Å². The van der Waals surface area contributed by atoms with Crippen LogP contribution in [0.2, 0.25) is 0 Å².